The number of methoxy groups -OCH3 is 2. The number of aryl methyl sites for hydroxylation is 1. The molecular formula is C32H30N2O11. The van der Waals surface area contributed by atoms with Crippen molar-refractivity contribution in [1.82, 2.24) is 4.68 Å². The number of hydrogen-bond acceptors (Lipinski definition) is 12. The lowest BCUT2D eigenvalue weighted by Gasteiger charge is -2.36. The van der Waals surface area contributed by atoms with Crippen LogP contribution in [-0.4, -0.2) is 58.6 Å². The zero-order valence-electron chi connectivity index (χ0n) is 25.1. The van der Waals surface area contributed by atoms with Gasteiger partial charge in [0.1, 0.15) is 34.5 Å². The van der Waals surface area contributed by atoms with Gasteiger partial charge in [0.2, 0.25) is 5.43 Å². The van der Waals surface area contributed by atoms with E-state index < -0.39 is 46.9 Å². The van der Waals surface area contributed by atoms with Gasteiger partial charge >= 0.3 is 0 Å². The highest BCUT2D eigenvalue weighted by atomic mass is 16.7. The van der Waals surface area contributed by atoms with E-state index >= 15 is 0 Å². The van der Waals surface area contributed by atoms with E-state index in [0.29, 0.717) is 22.2 Å². The van der Waals surface area contributed by atoms with Crippen molar-refractivity contribution in [3.05, 3.63) is 60.9 Å². The average molecular weight is 619 g/mol. The molecule has 0 fully saturated rings. The van der Waals surface area contributed by atoms with Gasteiger partial charge in [0.25, 0.3) is 5.56 Å². The fraction of sp³-hybridized carbons (Fsp3) is 0.375. The molecule has 3 N–H and O–H groups in total. The molecule has 234 valence electrons. The number of ether oxygens (including phenoxy) is 4. The van der Waals surface area contributed by atoms with Crippen LogP contribution in [0.1, 0.15) is 66.7 Å². The largest absolute Gasteiger partial charge is 0.506 e. The Morgan fingerprint density at radius 3 is 2.47 bits per heavy atom. The standard InChI is InChI=1S/C32H30N2O11/c1-11-6-14-7-15-8-18-21-23(19(15)25(37)20(14)32(40)34(11)33-12(2)13(3)35)27(39)24-26(38)22-17(41-4)9-16(36)28(42-5)30(22)45-31(24)29(21)44-10-43-18/h6-7,16-18,28,36-37,39H,8-10H2,1-5H3/b33-12+/t16-,17-,18-,28-/m0/s1. The Labute approximate surface area is 254 Å². The first kappa shape index (κ1) is 29.2. The van der Waals surface area contributed by atoms with Crippen molar-refractivity contribution in [3.63, 3.8) is 0 Å². The molecule has 0 spiro atoms. The molecule has 0 saturated carbocycles. The normalized spacial score (nSPS) is 22.1. The molecule has 0 bridgehead atoms. The van der Waals surface area contributed by atoms with Crippen molar-refractivity contribution in [2.24, 2.45) is 5.10 Å². The third-order valence-corrected chi connectivity index (χ3v) is 9.02. The molecule has 2 aromatic heterocycles. The molecule has 3 aliphatic rings. The fourth-order valence-electron chi connectivity index (χ4n) is 6.80. The molecule has 45 heavy (non-hydrogen) atoms. The quantitative estimate of drug-likeness (QED) is 0.285. The number of hydrogen-bond donors (Lipinski definition) is 3. The van der Waals surface area contributed by atoms with Crippen LogP contribution in [0.3, 0.4) is 0 Å². The Morgan fingerprint density at radius 1 is 1.04 bits per heavy atom. The zero-order chi connectivity index (χ0) is 32.1. The highest BCUT2D eigenvalue weighted by Crippen LogP contribution is 2.57. The van der Waals surface area contributed by atoms with Crippen molar-refractivity contribution in [3.8, 4) is 28.4 Å². The number of fused-ring (bicyclic) bond motifs is 6. The number of nitrogens with zero attached hydrogens (tertiary/aromatic N) is 2. The van der Waals surface area contributed by atoms with Crippen LogP contribution in [0.15, 0.2) is 31.2 Å². The lowest BCUT2D eigenvalue weighted by Crippen LogP contribution is -2.34. The summed E-state index contributed by atoms with van der Waals surface area (Å²) in [5.41, 5.74) is 0.383. The number of carbonyl (C=O) groups excluding carboxylic acids is 1. The second-order valence-electron chi connectivity index (χ2n) is 11.6. The number of Topliss-reactive ketones (excluding diaryl/α,β-unsaturated/α-hetero) is 1. The maximum absolute atomic E-state index is 14.2. The van der Waals surface area contributed by atoms with Crippen LogP contribution in [0.25, 0.3) is 32.9 Å². The summed E-state index contributed by atoms with van der Waals surface area (Å²) in [6, 6.07) is 3.41. The second kappa shape index (κ2) is 10.2. The van der Waals surface area contributed by atoms with Gasteiger partial charge in [-0.1, -0.05) is 0 Å². The lowest BCUT2D eigenvalue weighted by atomic mass is 9.79. The van der Waals surface area contributed by atoms with Crippen LogP contribution < -0.4 is 15.7 Å². The Morgan fingerprint density at radius 2 is 1.78 bits per heavy atom. The Balaban J connectivity index is 1.59. The van der Waals surface area contributed by atoms with Gasteiger partial charge in [0, 0.05) is 56.4 Å². The van der Waals surface area contributed by atoms with E-state index in [4.69, 9.17) is 23.4 Å². The summed E-state index contributed by atoms with van der Waals surface area (Å²) in [7, 11) is 2.78. The Bertz CT molecular complexity index is 2130. The molecule has 0 amide bonds. The van der Waals surface area contributed by atoms with Crippen molar-refractivity contribution < 1.29 is 43.5 Å². The topological polar surface area (TPSA) is 179 Å². The monoisotopic (exact) mass is 618 g/mol. The number of phenols is 2. The Hall–Kier alpha value is -4.56. The number of aliphatic hydroxyl groups excluding tert-OH is 1. The highest BCUT2D eigenvalue weighted by molar-refractivity contribution is 6.37. The van der Waals surface area contributed by atoms with Gasteiger partial charge in [-0.15, -0.1) is 0 Å². The van der Waals surface area contributed by atoms with E-state index in [1.165, 1.54) is 28.1 Å². The number of ketones is 1. The number of pyridine rings is 1. The lowest BCUT2D eigenvalue weighted by molar-refractivity contribution is -0.111. The minimum Gasteiger partial charge on any atom is -0.506 e. The number of phenolic OH excluding ortho intramolecular Hbond substituents is 2. The molecule has 0 unspecified atom stereocenters. The molecule has 1 aliphatic heterocycles. The number of aliphatic hydroxyl groups is 1. The van der Waals surface area contributed by atoms with Crippen molar-refractivity contribution in [1.29, 1.82) is 0 Å². The van der Waals surface area contributed by atoms with E-state index in [1.807, 2.05) is 0 Å². The Kier molecular flexibility index (Phi) is 6.64. The molecule has 4 aromatic rings. The molecule has 0 radical (unpaired) electrons. The van der Waals surface area contributed by atoms with E-state index in [-0.39, 0.29) is 75.7 Å². The van der Waals surface area contributed by atoms with Gasteiger partial charge in [-0.3, -0.25) is 14.4 Å². The number of carbonyl (C=O) groups is 1. The molecule has 13 nitrogen and oxygen atoms in total. The molecule has 3 heterocycles. The SMILES string of the molecule is CO[C@H]1C[C@H](O)[C@H](OC)c2oc3c4c5c(c(O)c3c(=O)c21)-c1c(cc2cc(C)n(/N=C(\C)C(C)=O)c(=O)c2c1O)C[C@@H]5OCO4. The minimum absolute atomic E-state index is 0.0517. The number of aromatic hydroxyl groups is 2. The van der Waals surface area contributed by atoms with Gasteiger partial charge in [0.05, 0.1) is 29.3 Å². The minimum atomic E-state index is -1.03. The first-order chi connectivity index (χ1) is 21.5. The zero-order valence-corrected chi connectivity index (χ0v) is 25.1. The number of aromatic nitrogens is 1. The summed E-state index contributed by atoms with van der Waals surface area (Å²) in [5, 5.41) is 38.7. The van der Waals surface area contributed by atoms with Crippen molar-refractivity contribution in [2.45, 2.75) is 58.0 Å². The molecule has 7 rings (SSSR count). The van der Waals surface area contributed by atoms with Crippen molar-refractivity contribution in [2.75, 3.05) is 21.0 Å². The van der Waals surface area contributed by atoms with Crippen LogP contribution in [0, 0.1) is 6.92 Å². The van der Waals surface area contributed by atoms with Gasteiger partial charge in [-0.2, -0.15) is 5.10 Å². The fourth-order valence-corrected chi connectivity index (χ4v) is 6.80. The average Bonchev–Trinajstić information content (AvgIpc) is 3.00. The maximum atomic E-state index is 14.2. The third kappa shape index (κ3) is 4.01. The molecule has 13 heteroatoms. The molecular weight excluding hydrogens is 588 g/mol. The third-order valence-electron chi connectivity index (χ3n) is 9.02. The molecule has 2 aliphatic carbocycles. The summed E-state index contributed by atoms with van der Waals surface area (Å²) in [5.74, 6) is -1.06. The van der Waals surface area contributed by atoms with E-state index in [2.05, 4.69) is 5.10 Å². The van der Waals surface area contributed by atoms with Crippen LogP contribution in [-0.2, 0) is 25.4 Å². The van der Waals surface area contributed by atoms with Gasteiger partial charge < -0.3 is 38.7 Å². The van der Waals surface area contributed by atoms with Crippen LogP contribution in [0.2, 0.25) is 0 Å². The van der Waals surface area contributed by atoms with Crippen molar-refractivity contribution >= 4 is 33.2 Å². The number of benzene rings is 2. The molecule has 0 saturated heterocycles. The van der Waals surface area contributed by atoms with Gasteiger partial charge in [0.15, 0.2) is 23.9 Å². The summed E-state index contributed by atoms with van der Waals surface area (Å²) >= 11 is 0. The first-order valence-electron chi connectivity index (χ1n) is 14.3. The van der Waals surface area contributed by atoms with E-state index in [9.17, 15) is 29.7 Å². The predicted octanol–water partition coefficient (Wildman–Crippen LogP) is 3.41. The summed E-state index contributed by atoms with van der Waals surface area (Å²) in [4.78, 5) is 39.8. The predicted molar refractivity (Wildman–Crippen MR) is 160 cm³/mol. The molecule has 4 atom stereocenters. The van der Waals surface area contributed by atoms with E-state index in [0.717, 1.165) is 4.68 Å². The maximum Gasteiger partial charge on any atom is 0.282 e. The van der Waals surface area contributed by atoms with Gasteiger partial charge in [-0.05, 0) is 36.9 Å². The summed E-state index contributed by atoms with van der Waals surface area (Å²) in [6.45, 7) is 4.30. The van der Waals surface area contributed by atoms with Crippen LogP contribution in [0.4, 0.5) is 0 Å². The highest BCUT2D eigenvalue weighted by Gasteiger charge is 2.43. The van der Waals surface area contributed by atoms with E-state index in [1.54, 1.807) is 19.1 Å². The second-order valence-corrected chi connectivity index (χ2v) is 11.6. The first-order valence-corrected chi connectivity index (χ1v) is 14.3. The summed E-state index contributed by atoms with van der Waals surface area (Å²) < 4.78 is 30.2. The molecule has 2 aromatic carbocycles. The van der Waals surface area contributed by atoms with Crippen LogP contribution >= 0.6 is 0 Å². The number of rotatable bonds is 4. The smallest absolute Gasteiger partial charge is 0.282 e. The van der Waals surface area contributed by atoms with Gasteiger partial charge in [-0.25, -0.2) is 4.68 Å². The summed E-state index contributed by atoms with van der Waals surface area (Å²) in [6.07, 6.45) is -3.20. The van der Waals surface area contributed by atoms with Crippen LogP contribution in [0.5, 0.6) is 17.2 Å².